The summed E-state index contributed by atoms with van der Waals surface area (Å²) in [4.78, 5) is 10.6. The molecular weight excluding hydrogens is 240 g/mol. The Kier molecular flexibility index (Phi) is 7.55. The minimum atomic E-state index is 0.286. The zero-order valence-electron chi connectivity index (χ0n) is 12.5. The number of aryl methyl sites for hydroxylation is 1. The number of hydrogen-bond donors (Lipinski definition) is 1. The second-order valence-corrected chi connectivity index (χ2v) is 4.89. The van der Waals surface area contributed by atoms with Crippen molar-refractivity contribution in [1.82, 2.24) is 20.2 Å². The summed E-state index contributed by atoms with van der Waals surface area (Å²) in [6.45, 7) is 8.05. The van der Waals surface area contributed by atoms with Crippen molar-refractivity contribution < 1.29 is 4.74 Å². The largest absolute Gasteiger partial charge is 0.385 e. The van der Waals surface area contributed by atoms with Crippen molar-refractivity contribution in [1.29, 1.82) is 0 Å². The van der Waals surface area contributed by atoms with Gasteiger partial charge in [0, 0.05) is 56.8 Å². The Morgan fingerprint density at radius 1 is 1.42 bits per heavy atom. The first-order chi connectivity index (χ1) is 9.15. The van der Waals surface area contributed by atoms with E-state index in [9.17, 15) is 0 Å². The van der Waals surface area contributed by atoms with Gasteiger partial charge in [0.25, 0.3) is 0 Å². The summed E-state index contributed by atoms with van der Waals surface area (Å²) in [6.07, 6.45) is 4.56. The molecule has 19 heavy (non-hydrogen) atoms. The summed E-state index contributed by atoms with van der Waals surface area (Å²) >= 11 is 0. The molecule has 0 aliphatic carbocycles. The molecule has 1 atom stereocenters. The van der Waals surface area contributed by atoms with E-state index in [2.05, 4.69) is 34.2 Å². The Labute approximate surface area is 116 Å². The van der Waals surface area contributed by atoms with Gasteiger partial charge >= 0.3 is 0 Å². The fourth-order valence-corrected chi connectivity index (χ4v) is 2.00. The number of hydrogen-bond acceptors (Lipinski definition) is 5. The van der Waals surface area contributed by atoms with Crippen molar-refractivity contribution in [3.63, 3.8) is 0 Å². The highest BCUT2D eigenvalue weighted by molar-refractivity contribution is 5.17. The minimum Gasteiger partial charge on any atom is -0.385 e. The summed E-state index contributed by atoms with van der Waals surface area (Å²) in [5.41, 5.74) is 2.22. The molecule has 1 aromatic heterocycles. The lowest BCUT2D eigenvalue weighted by Crippen LogP contribution is -2.32. The Balaban J connectivity index is 2.24. The van der Waals surface area contributed by atoms with E-state index in [0.717, 1.165) is 38.4 Å². The van der Waals surface area contributed by atoms with Crippen LogP contribution in [0.5, 0.6) is 0 Å². The molecule has 1 rings (SSSR count). The number of likely N-dealkylation sites (N-methyl/N-ethyl adjacent to an activating group) is 1. The lowest BCUT2D eigenvalue weighted by Gasteiger charge is -2.19. The number of methoxy groups -OCH3 is 1. The van der Waals surface area contributed by atoms with Crippen LogP contribution in [0.3, 0.4) is 0 Å². The van der Waals surface area contributed by atoms with Gasteiger partial charge in [0.2, 0.25) is 0 Å². The zero-order chi connectivity index (χ0) is 14.1. The number of rotatable bonds is 9. The molecule has 0 saturated carbocycles. The van der Waals surface area contributed by atoms with Crippen LogP contribution in [0.25, 0.3) is 0 Å². The summed E-state index contributed by atoms with van der Waals surface area (Å²) < 4.78 is 5.05. The Hall–Kier alpha value is -1.04. The van der Waals surface area contributed by atoms with Crippen LogP contribution in [-0.2, 0) is 4.74 Å². The van der Waals surface area contributed by atoms with Gasteiger partial charge in [-0.2, -0.15) is 0 Å². The van der Waals surface area contributed by atoms with Crippen LogP contribution < -0.4 is 5.32 Å². The first kappa shape index (κ1) is 16.0. The monoisotopic (exact) mass is 266 g/mol. The molecule has 108 valence electrons. The number of nitrogens with one attached hydrogen (secondary N) is 1. The summed E-state index contributed by atoms with van der Waals surface area (Å²) in [6, 6.07) is 0.286. The highest BCUT2D eigenvalue weighted by Crippen LogP contribution is 2.12. The highest BCUT2D eigenvalue weighted by atomic mass is 16.5. The van der Waals surface area contributed by atoms with E-state index >= 15 is 0 Å². The average molecular weight is 266 g/mol. The second kappa shape index (κ2) is 8.96. The second-order valence-electron chi connectivity index (χ2n) is 4.89. The maximum Gasteiger partial charge on any atom is 0.115 e. The standard InChI is InChI=1S/C14H26N4O/c1-12(14-10-15-11-17-13(14)2)16-6-8-18(3)7-5-9-19-4/h10-12,16H,5-9H2,1-4H3. The minimum absolute atomic E-state index is 0.286. The van der Waals surface area contributed by atoms with Crippen LogP contribution in [0.1, 0.15) is 30.6 Å². The van der Waals surface area contributed by atoms with Gasteiger partial charge < -0.3 is 15.0 Å². The molecule has 0 saturated heterocycles. The first-order valence-electron chi connectivity index (χ1n) is 6.82. The van der Waals surface area contributed by atoms with Gasteiger partial charge in [0.15, 0.2) is 0 Å². The molecule has 0 aliphatic heterocycles. The van der Waals surface area contributed by atoms with Crippen LogP contribution in [0, 0.1) is 6.92 Å². The van der Waals surface area contributed by atoms with Gasteiger partial charge in [-0.05, 0) is 27.3 Å². The van der Waals surface area contributed by atoms with Gasteiger partial charge in [0.05, 0.1) is 0 Å². The Bertz CT molecular complexity index is 359. The quantitative estimate of drug-likeness (QED) is 0.685. The molecule has 0 aliphatic rings. The van der Waals surface area contributed by atoms with E-state index in [1.807, 2.05) is 13.1 Å². The van der Waals surface area contributed by atoms with E-state index in [0.29, 0.717) is 0 Å². The lowest BCUT2D eigenvalue weighted by molar-refractivity contribution is 0.179. The van der Waals surface area contributed by atoms with Crippen LogP contribution in [0.15, 0.2) is 12.5 Å². The summed E-state index contributed by atoms with van der Waals surface area (Å²) in [5.74, 6) is 0. The third kappa shape index (κ3) is 6.09. The van der Waals surface area contributed by atoms with Crippen LogP contribution in [0.2, 0.25) is 0 Å². The molecule has 1 heterocycles. The van der Waals surface area contributed by atoms with Gasteiger partial charge in [-0.25, -0.2) is 9.97 Å². The van der Waals surface area contributed by atoms with Crippen LogP contribution in [-0.4, -0.2) is 55.3 Å². The van der Waals surface area contributed by atoms with Crippen molar-refractivity contribution >= 4 is 0 Å². The van der Waals surface area contributed by atoms with Gasteiger partial charge in [0.1, 0.15) is 6.33 Å². The van der Waals surface area contributed by atoms with E-state index in [1.165, 1.54) is 5.56 Å². The SMILES string of the molecule is COCCCN(C)CCNC(C)c1cncnc1C. The summed E-state index contributed by atoms with van der Waals surface area (Å²) in [5, 5.41) is 3.51. The smallest absolute Gasteiger partial charge is 0.115 e. The van der Waals surface area contributed by atoms with Crippen molar-refractivity contribution in [3.8, 4) is 0 Å². The van der Waals surface area contributed by atoms with E-state index in [4.69, 9.17) is 4.74 Å². The topological polar surface area (TPSA) is 50.3 Å². The summed E-state index contributed by atoms with van der Waals surface area (Å²) in [7, 11) is 3.88. The third-order valence-corrected chi connectivity index (χ3v) is 3.25. The zero-order valence-corrected chi connectivity index (χ0v) is 12.5. The van der Waals surface area contributed by atoms with Crippen molar-refractivity contribution in [2.75, 3.05) is 40.4 Å². The average Bonchev–Trinajstić information content (AvgIpc) is 2.39. The molecule has 1 N–H and O–H groups in total. The molecule has 1 unspecified atom stereocenters. The Morgan fingerprint density at radius 2 is 2.21 bits per heavy atom. The molecule has 0 spiro atoms. The van der Waals surface area contributed by atoms with E-state index in [1.54, 1.807) is 13.4 Å². The lowest BCUT2D eigenvalue weighted by atomic mass is 10.1. The van der Waals surface area contributed by atoms with Crippen molar-refractivity contribution in [3.05, 3.63) is 23.8 Å². The fraction of sp³-hybridized carbons (Fsp3) is 0.714. The van der Waals surface area contributed by atoms with Gasteiger partial charge in [-0.15, -0.1) is 0 Å². The third-order valence-electron chi connectivity index (χ3n) is 3.25. The maximum atomic E-state index is 5.05. The van der Waals surface area contributed by atoms with Crippen molar-refractivity contribution in [2.24, 2.45) is 0 Å². The molecule has 5 nitrogen and oxygen atoms in total. The molecule has 0 aromatic carbocycles. The van der Waals surface area contributed by atoms with Crippen LogP contribution in [0.4, 0.5) is 0 Å². The molecule has 0 fully saturated rings. The maximum absolute atomic E-state index is 5.05. The Morgan fingerprint density at radius 3 is 2.89 bits per heavy atom. The number of aromatic nitrogens is 2. The van der Waals surface area contributed by atoms with Gasteiger partial charge in [-0.1, -0.05) is 0 Å². The molecule has 0 bridgehead atoms. The highest BCUT2D eigenvalue weighted by Gasteiger charge is 2.08. The van der Waals surface area contributed by atoms with Crippen molar-refractivity contribution in [2.45, 2.75) is 26.3 Å². The molecule has 5 heteroatoms. The van der Waals surface area contributed by atoms with E-state index in [-0.39, 0.29) is 6.04 Å². The predicted octanol–water partition coefficient (Wildman–Crippen LogP) is 1.40. The van der Waals surface area contributed by atoms with Crippen LogP contribution >= 0.6 is 0 Å². The fourth-order valence-electron chi connectivity index (χ4n) is 2.00. The first-order valence-corrected chi connectivity index (χ1v) is 6.82. The van der Waals surface area contributed by atoms with E-state index < -0.39 is 0 Å². The molecular formula is C14H26N4O. The molecule has 1 aromatic rings. The number of ether oxygens (including phenoxy) is 1. The predicted molar refractivity (Wildman–Crippen MR) is 77.2 cm³/mol. The molecule has 0 amide bonds. The van der Waals surface area contributed by atoms with Gasteiger partial charge in [-0.3, -0.25) is 0 Å². The normalized spacial score (nSPS) is 12.9. The molecule has 0 radical (unpaired) electrons. The number of nitrogens with zero attached hydrogens (tertiary/aromatic N) is 3.